The Kier molecular flexibility index (Phi) is 3.28. The van der Waals surface area contributed by atoms with Gasteiger partial charge in [-0.15, -0.1) is 0 Å². The molecule has 1 aromatic heterocycles. The maximum atomic E-state index is 11.4. The van der Waals surface area contributed by atoms with E-state index >= 15 is 0 Å². The molecule has 0 amide bonds. The summed E-state index contributed by atoms with van der Waals surface area (Å²) in [5.74, 6) is 0.337. The number of aromatic carboxylic acids is 1. The zero-order chi connectivity index (χ0) is 13.4. The van der Waals surface area contributed by atoms with Gasteiger partial charge in [0, 0.05) is 18.5 Å². The Morgan fingerprint density at radius 2 is 2.11 bits per heavy atom. The quantitative estimate of drug-likeness (QED) is 0.736. The molecule has 19 heavy (non-hydrogen) atoms. The van der Waals surface area contributed by atoms with E-state index in [2.05, 4.69) is 14.9 Å². The van der Waals surface area contributed by atoms with E-state index < -0.39 is 5.97 Å². The number of carboxylic acids is 1. The van der Waals surface area contributed by atoms with E-state index in [1.165, 1.54) is 0 Å². The molecule has 4 N–H and O–H groups in total. The normalized spacial score (nSPS) is 24.2. The summed E-state index contributed by atoms with van der Waals surface area (Å²) in [6.45, 7) is 2.80. The molecule has 2 aliphatic heterocycles. The fourth-order valence-corrected chi connectivity index (χ4v) is 3.25. The first kappa shape index (κ1) is 12.6. The van der Waals surface area contributed by atoms with Crippen LogP contribution in [-0.4, -0.2) is 33.7 Å². The molecule has 1 saturated heterocycles. The average molecular weight is 264 g/mol. The first-order valence-corrected chi connectivity index (χ1v) is 6.98. The highest BCUT2D eigenvalue weighted by atomic mass is 16.4. The van der Waals surface area contributed by atoms with Gasteiger partial charge in [0.2, 0.25) is 0 Å². The van der Waals surface area contributed by atoms with Crippen LogP contribution in [0.5, 0.6) is 0 Å². The van der Waals surface area contributed by atoms with Gasteiger partial charge in [0.1, 0.15) is 5.82 Å². The Morgan fingerprint density at radius 3 is 2.79 bits per heavy atom. The zero-order valence-electron chi connectivity index (χ0n) is 10.9. The minimum Gasteiger partial charge on any atom is -0.476 e. The summed E-state index contributed by atoms with van der Waals surface area (Å²) < 4.78 is 2.08. The predicted octanol–water partition coefficient (Wildman–Crippen LogP) is 0.842. The molecule has 6 heteroatoms. The Labute approximate surface area is 112 Å². The summed E-state index contributed by atoms with van der Waals surface area (Å²) >= 11 is 0. The van der Waals surface area contributed by atoms with Gasteiger partial charge in [-0.1, -0.05) is 0 Å². The van der Waals surface area contributed by atoms with Gasteiger partial charge in [0.05, 0.1) is 5.69 Å². The number of rotatable bonds is 2. The second-order valence-electron chi connectivity index (χ2n) is 5.43. The number of carbonyl (C=O) groups is 1. The molecule has 0 aromatic carbocycles. The predicted molar refractivity (Wildman–Crippen MR) is 70.2 cm³/mol. The molecule has 3 heterocycles. The van der Waals surface area contributed by atoms with Gasteiger partial charge in [-0.05, 0) is 38.8 Å². The molecule has 1 unspecified atom stereocenters. The highest BCUT2D eigenvalue weighted by molar-refractivity contribution is 5.87. The topological polar surface area (TPSA) is 93.2 Å². The number of nitrogens with zero attached hydrogens (tertiary/aromatic N) is 2. The van der Waals surface area contributed by atoms with Gasteiger partial charge in [-0.25, -0.2) is 9.78 Å². The van der Waals surface area contributed by atoms with Crippen molar-refractivity contribution in [3.8, 4) is 0 Å². The van der Waals surface area contributed by atoms with Crippen molar-refractivity contribution in [1.82, 2.24) is 14.9 Å². The minimum absolute atomic E-state index is 0.167. The lowest BCUT2D eigenvalue weighted by Gasteiger charge is -2.27. The minimum atomic E-state index is -0.957. The fourth-order valence-electron chi connectivity index (χ4n) is 3.25. The van der Waals surface area contributed by atoms with Crippen LogP contribution in [0.25, 0.3) is 0 Å². The molecule has 6 nitrogen and oxygen atoms in total. The average Bonchev–Trinajstić information content (AvgIpc) is 2.81. The lowest BCUT2D eigenvalue weighted by Crippen LogP contribution is -2.29. The van der Waals surface area contributed by atoms with Crippen LogP contribution in [0, 0.1) is 0 Å². The molecule has 1 fully saturated rings. The van der Waals surface area contributed by atoms with E-state index in [4.69, 9.17) is 5.73 Å². The monoisotopic (exact) mass is 264 g/mol. The number of fused-ring (bicyclic) bond motifs is 1. The zero-order valence-corrected chi connectivity index (χ0v) is 10.9. The summed E-state index contributed by atoms with van der Waals surface area (Å²) in [6.07, 6.45) is 3.88. The number of hydrogen-bond acceptors (Lipinski definition) is 4. The van der Waals surface area contributed by atoms with Gasteiger partial charge in [-0.3, -0.25) is 0 Å². The van der Waals surface area contributed by atoms with Crippen molar-refractivity contribution in [2.24, 2.45) is 5.73 Å². The number of piperidine rings is 1. The largest absolute Gasteiger partial charge is 0.476 e. The van der Waals surface area contributed by atoms with Gasteiger partial charge in [-0.2, -0.15) is 0 Å². The Morgan fingerprint density at radius 1 is 1.37 bits per heavy atom. The molecule has 0 aliphatic carbocycles. The Bertz CT molecular complexity index is 491. The summed E-state index contributed by atoms with van der Waals surface area (Å²) in [5.41, 5.74) is 6.99. The standard InChI is InChI=1S/C13H20N4O2/c14-9-2-1-7-17-11(9)10(13(18)19)16-12(17)8-3-5-15-6-4-8/h8-9,15H,1-7,14H2,(H,18,19). The SMILES string of the molecule is NC1CCCn2c(C3CCNCC3)nc(C(=O)O)c21. The molecular formula is C13H20N4O2. The van der Waals surface area contributed by atoms with Crippen molar-refractivity contribution in [1.29, 1.82) is 0 Å². The number of imidazole rings is 1. The van der Waals surface area contributed by atoms with E-state index in [1.807, 2.05) is 0 Å². The van der Waals surface area contributed by atoms with Gasteiger partial charge >= 0.3 is 5.97 Å². The van der Waals surface area contributed by atoms with Crippen LogP contribution < -0.4 is 11.1 Å². The first-order valence-electron chi connectivity index (χ1n) is 6.98. The van der Waals surface area contributed by atoms with Gasteiger partial charge in [0.15, 0.2) is 5.69 Å². The van der Waals surface area contributed by atoms with Crippen molar-refractivity contribution >= 4 is 5.97 Å². The third-order valence-electron chi connectivity index (χ3n) is 4.19. The number of nitrogens with two attached hydrogens (primary N) is 1. The third kappa shape index (κ3) is 2.15. The summed E-state index contributed by atoms with van der Waals surface area (Å²) in [4.78, 5) is 15.8. The Hall–Kier alpha value is -1.40. The number of aromatic nitrogens is 2. The summed E-state index contributed by atoms with van der Waals surface area (Å²) in [7, 11) is 0. The number of carboxylic acid groups (broad SMARTS) is 1. The number of nitrogens with one attached hydrogen (secondary N) is 1. The lowest BCUT2D eigenvalue weighted by atomic mass is 9.96. The molecule has 2 aliphatic rings. The lowest BCUT2D eigenvalue weighted by molar-refractivity contribution is 0.0688. The highest BCUT2D eigenvalue weighted by Gasteiger charge is 2.31. The first-order chi connectivity index (χ1) is 9.18. The van der Waals surface area contributed by atoms with Crippen LogP contribution in [0.15, 0.2) is 0 Å². The third-order valence-corrected chi connectivity index (χ3v) is 4.19. The van der Waals surface area contributed by atoms with Gasteiger partial charge in [0.25, 0.3) is 0 Å². The van der Waals surface area contributed by atoms with Crippen LogP contribution in [0.4, 0.5) is 0 Å². The van der Waals surface area contributed by atoms with Gasteiger partial charge < -0.3 is 20.7 Å². The van der Waals surface area contributed by atoms with Crippen LogP contribution in [-0.2, 0) is 6.54 Å². The second kappa shape index (κ2) is 4.94. The van der Waals surface area contributed by atoms with Crippen molar-refractivity contribution in [3.05, 3.63) is 17.2 Å². The van der Waals surface area contributed by atoms with Crippen LogP contribution >= 0.6 is 0 Å². The molecule has 3 rings (SSSR count). The van der Waals surface area contributed by atoms with Crippen molar-refractivity contribution < 1.29 is 9.90 Å². The smallest absolute Gasteiger partial charge is 0.356 e. The van der Waals surface area contributed by atoms with Crippen LogP contribution in [0.3, 0.4) is 0 Å². The number of hydrogen-bond donors (Lipinski definition) is 3. The highest BCUT2D eigenvalue weighted by Crippen LogP contribution is 2.33. The van der Waals surface area contributed by atoms with Crippen molar-refractivity contribution in [2.75, 3.05) is 13.1 Å². The molecule has 0 radical (unpaired) electrons. The molecule has 1 atom stereocenters. The van der Waals surface area contributed by atoms with Crippen molar-refractivity contribution in [3.63, 3.8) is 0 Å². The molecular weight excluding hydrogens is 244 g/mol. The molecule has 1 aromatic rings. The van der Waals surface area contributed by atoms with Crippen LogP contribution in [0.2, 0.25) is 0 Å². The second-order valence-corrected chi connectivity index (χ2v) is 5.43. The fraction of sp³-hybridized carbons (Fsp3) is 0.692. The molecule has 0 spiro atoms. The van der Waals surface area contributed by atoms with E-state index in [0.29, 0.717) is 5.92 Å². The molecule has 0 bridgehead atoms. The van der Waals surface area contributed by atoms with E-state index in [-0.39, 0.29) is 11.7 Å². The van der Waals surface area contributed by atoms with E-state index in [9.17, 15) is 9.90 Å². The summed E-state index contributed by atoms with van der Waals surface area (Å²) in [6, 6.07) is -0.192. The van der Waals surface area contributed by atoms with E-state index in [1.54, 1.807) is 0 Å². The maximum absolute atomic E-state index is 11.4. The molecule has 0 saturated carbocycles. The summed E-state index contributed by atoms with van der Waals surface area (Å²) in [5, 5.41) is 12.7. The van der Waals surface area contributed by atoms with E-state index in [0.717, 1.165) is 56.8 Å². The maximum Gasteiger partial charge on any atom is 0.356 e. The van der Waals surface area contributed by atoms with Crippen LogP contribution in [0.1, 0.15) is 59.6 Å². The molecule has 104 valence electrons. The van der Waals surface area contributed by atoms with Crippen molar-refractivity contribution in [2.45, 2.75) is 44.2 Å². The Balaban J connectivity index is 2.04.